The number of nitro groups is 1. The Morgan fingerprint density at radius 2 is 2.06 bits per heavy atom. The molecule has 14 heteroatoms. The summed E-state index contributed by atoms with van der Waals surface area (Å²) >= 11 is 0. The van der Waals surface area contributed by atoms with E-state index >= 15 is 0 Å². The largest absolute Gasteiger partial charge is 0.506 e. The second kappa shape index (κ2) is 13.3. The van der Waals surface area contributed by atoms with Crippen molar-refractivity contribution >= 4 is 47.6 Å². The van der Waals surface area contributed by atoms with Gasteiger partial charge in [0, 0.05) is 18.3 Å². The van der Waals surface area contributed by atoms with Crippen LogP contribution < -0.4 is 27.5 Å². The van der Waals surface area contributed by atoms with Gasteiger partial charge >= 0.3 is 0 Å². The van der Waals surface area contributed by atoms with Gasteiger partial charge in [0.1, 0.15) is 11.5 Å². The van der Waals surface area contributed by atoms with Crippen LogP contribution >= 0.6 is 12.4 Å². The molecule has 33 heavy (non-hydrogen) atoms. The lowest BCUT2D eigenvalue weighted by Crippen LogP contribution is -2.37. The molecule has 0 radical (unpaired) electrons. The maximum Gasteiger partial charge on any atom is 0.251 e. The van der Waals surface area contributed by atoms with Gasteiger partial charge in [0.2, 0.25) is 11.8 Å². The van der Waals surface area contributed by atoms with Gasteiger partial charge in [-0.1, -0.05) is 5.43 Å². The number of carbonyl (C=O) groups is 2. The van der Waals surface area contributed by atoms with Gasteiger partial charge in [-0.05, 0) is 49.2 Å². The molecule has 1 aromatic heterocycles. The van der Waals surface area contributed by atoms with Gasteiger partial charge in [0.25, 0.3) is 5.96 Å². The van der Waals surface area contributed by atoms with Crippen molar-refractivity contribution in [2.75, 3.05) is 17.2 Å². The Bertz CT molecular complexity index is 1010. The molecule has 0 bridgehead atoms. The number of phenols is 1. The lowest BCUT2D eigenvalue weighted by Gasteiger charge is -2.14. The molecule has 0 saturated heterocycles. The fourth-order valence-electron chi connectivity index (χ4n) is 2.44. The summed E-state index contributed by atoms with van der Waals surface area (Å²) in [5.74, 6) is -1.06. The van der Waals surface area contributed by atoms with Crippen molar-refractivity contribution in [1.82, 2.24) is 5.43 Å². The normalized spacial score (nSPS) is 12.0. The highest BCUT2D eigenvalue weighted by Gasteiger charge is 2.15. The number of hydrogen-bond acceptors (Lipinski definition) is 8. The summed E-state index contributed by atoms with van der Waals surface area (Å²) in [6.45, 7) is 0.131. The van der Waals surface area contributed by atoms with Crippen LogP contribution in [0.15, 0.2) is 52.1 Å². The van der Waals surface area contributed by atoms with E-state index in [2.05, 4.69) is 15.6 Å². The maximum absolute atomic E-state index is 12.3. The van der Waals surface area contributed by atoms with Crippen LogP contribution in [0.1, 0.15) is 18.6 Å². The summed E-state index contributed by atoms with van der Waals surface area (Å²) in [6.07, 6.45) is 4.81. The molecule has 0 aliphatic carbocycles. The summed E-state index contributed by atoms with van der Waals surface area (Å²) in [6, 6.07) is 6.60. The minimum absolute atomic E-state index is 0. The highest BCUT2D eigenvalue weighted by atomic mass is 35.5. The molecule has 0 saturated carbocycles. The van der Waals surface area contributed by atoms with Crippen LogP contribution in [0.3, 0.4) is 0 Å². The maximum atomic E-state index is 12.3. The molecule has 1 atom stereocenters. The highest BCUT2D eigenvalue weighted by molar-refractivity contribution is 6.03. The van der Waals surface area contributed by atoms with Crippen molar-refractivity contribution in [1.29, 1.82) is 0 Å². The zero-order chi connectivity index (χ0) is 23.5. The number of benzene rings is 1. The number of nitrogens with zero attached hydrogens (tertiary/aromatic N) is 2. The molecular formula is C19H24ClN7O6. The number of guanidine groups is 1. The molecule has 0 unspecified atom stereocenters. The molecule has 178 valence electrons. The smallest absolute Gasteiger partial charge is 0.251 e. The molecule has 0 fully saturated rings. The van der Waals surface area contributed by atoms with Crippen LogP contribution in [0.2, 0.25) is 0 Å². The summed E-state index contributed by atoms with van der Waals surface area (Å²) in [5, 5.41) is 24.5. The molecular weight excluding hydrogens is 458 g/mol. The predicted molar refractivity (Wildman–Crippen MR) is 124 cm³/mol. The van der Waals surface area contributed by atoms with Crippen molar-refractivity contribution in [3.8, 4) is 5.75 Å². The zero-order valence-corrected chi connectivity index (χ0v) is 18.1. The van der Waals surface area contributed by atoms with Crippen LogP contribution in [0.4, 0.5) is 11.4 Å². The average Bonchev–Trinajstić information content (AvgIpc) is 3.25. The molecule has 0 aliphatic heterocycles. The first-order valence-corrected chi connectivity index (χ1v) is 9.37. The minimum Gasteiger partial charge on any atom is -0.506 e. The topological polar surface area (TPSA) is 211 Å². The Morgan fingerprint density at radius 3 is 2.73 bits per heavy atom. The lowest BCUT2D eigenvalue weighted by atomic mass is 10.1. The SMILES string of the molecule is Cl.NC(=NCCC[C@H](N)C(=O)Nc1cc(NC(=O)/C=C/c2ccco2)ccc1O)N[N+](=O)[O-]. The van der Waals surface area contributed by atoms with Crippen molar-refractivity contribution in [2.45, 2.75) is 18.9 Å². The Hall–Kier alpha value is -4.10. The van der Waals surface area contributed by atoms with Crippen LogP contribution in [-0.4, -0.2) is 40.5 Å². The fourth-order valence-corrected chi connectivity index (χ4v) is 2.44. The first kappa shape index (κ1) is 26.9. The second-order valence-corrected chi connectivity index (χ2v) is 6.44. The quantitative estimate of drug-likeness (QED) is 0.0419. The van der Waals surface area contributed by atoms with E-state index in [0.717, 1.165) is 0 Å². The van der Waals surface area contributed by atoms with E-state index < -0.39 is 22.9 Å². The van der Waals surface area contributed by atoms with Gasteiger partial charge < -0.3 is 31.6 Å². The molecule has 0 spiro atoms. The number of halogens is 1. The molecule has 0 aliphatic rings. The lowest BCUT2D eigenvalue weighted by molar-refractivity contribution is -0.525. The predicted octanol–water partition coefficient (Wildman–Crippen LogP) is 1.20. The first-order valence-electron chi connectivity index (χ1n) is 9.37. The molecule has 13 nitrogen and oxygen atoms in total. The van der Waals surface area contributed by atoms with Gasteiger partial charge in [-0.3, -0.25) is 9.59 Å². The van der Waals surface area contributed by atoms with E-state index in [-0.39, 0.29) is 42.8 Å². The molecule has 1 heterocycles. The van der Waals surface area contributed by atoms with E-state index in [1.807, 2.05) is 0 Å². The van der Waals surface area contributed by atoms with Crippen molar-refractivity contribution < 1.29 is 24.1 Å². The van der Waals surface area contributed by atoms with Crippen molar-refractivity contribution in [3.63, 3.8) is 0 Å². The van der Waals surface area contributed by atoms with Crippen molar-refractivity contribution in [2.24, 2.45) is 16.5 Å². The van der Waals surface area contributed by atoms with Gasteiger partial charge in [-0.25, -0.2) is 15.1 Å². The number of furan rings is 1. The summed E-state index contributed by atoms with van der Waals surface area (Å²) in [7, 11) is 0. The molecule has 1 aromatic carbocycles. The Morgan fingerprint density at radius 1 is 1.30 bits per heavy atom. The van der Waals surface area contributed by atoms with Gasteiger partial charge in [-0.2, -0.15) is 0 Å². The van der Waals surface area contributed by atoms with E-state index in [4.69, 9.17) is 15.9 Å². The number of hydrogen-bond donors (Lipinski definition) is 6. The Balaban J connectivity index is 0.00000544. The number of rotatable bonds is 10. The summed E-state index contributed by atoms with van der Waals surface area (Å²) in [4.78, 5) is 38.2. The number of aliphatic imine (C=N–C) groups is 1. The number of phenolic OH excluding ortho intramolecular Hbond substituents is 1. The second-order valence-electron chi connectivity index (χ2n) is 6.44. The molecule has 8 N–H and O–H groups in total. The van der Waals surface area contributed by atoms with Crippen LogP contribution in [0.5, 0.6) is 5.75 Å². The number of aromatic hydroxyl groups is 1. The molecule has 2 rings (SSSR count). The molecule has 2 aromatic rings. The van der Waals surface area contributed by atoms with Gasteiger partial charge in [0.05, 0.1) is 18.0 Å². The van der Waals surface area contributed by atoms with E-state index in [9.17, 15) is 24.8 Å². The number of carbonyl (C=O) groups excluding carboxylic acids is 2. The monoisotopic (exact) mass is 481 g/mol. The third kappa shape index (κ3) is 9.71. The summed E-state index contributed by atoms with van der Waals surface area (Å²) in [5.41, 5.74) is 13.2. The number of nitrogens with one attached hydrogen (secondary N) is 3. The third-order valence-electron chi connectivity index (χ3n) is 3.96. The Labute approximate surface area is 194 Å². The number of amides is 2. The summed E-state index contributed by atoms with van der Waals surface area (Å²) < 4.78 is 5.09. The van der Waals surface area contributed by atoms with Crippen LogP contribution in [0, 0.1) is 10.1 Å². The fraction of sp³-hybridized carbons (Fsp3) is 0.211. The first-order chi connectivity index (χ1) is 15.2. The number of nitrogens with two attached hydrogens (primary N) is 2. The third-order valence-corrected chi connectivity index (χ3v) is 3.96. The van der Waals surface area contributed by atoms with Crippen LogP contribution in [0.25, 0.3) is 6.08 Å². The molecule has 2 amide bonds. The van der Waals surface area contributed by atoms with Crippen molar-refractivity contribution in [3.05, 3.63) is 58.5 Å². The number of anilines is 2. The highest BCUT2D eigenvalue weighted by Crippen LogP contribution is 2.27. The van der Waals surface area contributed by atoms with Gasteiger partial charge in [-0.15, -0.1) is 12.4 Å². The Kier molecular flexibility index (Phi) is 10.9. The number of hydrazine groups is 1. The zero-order valence-electron chi connectivity index (χ0n) is 17.3. The van der Waals surface area contributed by atoms with Gasteiger partial charge in [0.15, 0.2) is 5.03 Å². The average molecular weight is 482 g/mol. The van der Waals surface area contributed by atoms with E-state index in [0.29, 0.717) is 17.9 Å². The van der Waals surface area contributed by atoms with E-state index in [1.165, 1.54) is 36.6 Å². The minimum atomic E-state index is -0.927. The van der Waals surface area contributed by atoms with E-state index in [1.54, 1.807) is 17.6 Å². The van der Waals surface area contributed by atoms with Crippen LogP contribution in [-0.2, 0) is 9.59 Å². The standard InChI is InChI=1S/C19H23N7O6.ClH/c20-14(4-1-9-22-19(21)25-26(30)31)18(29)24-15-11-12(5-7-16(15)27)23-17(28)8-6-13-3-2-10-32-13;/h2-3,5-8,10-11,14,27H,1,4,9,20H2,(H,23,28)(H,24,29)(H3,21,22,25);1H/b8-6+;/t14-;/m0./s1.